The maximum absolute atomic E-state index is 14.0. The molecule has 240 valence electrons. The molecule has 1 heterocycles. The predicted molar refractivity (Wildman–Crippen MR) is 147 cm³/mol. The average Bonchev–Trinajstić information content (AvgIpc) is 3.35. The molecule has 16 heteroatoms. The number of ether oxygens (including phenoxy) is 3. The zero-order valence-electron chi connectivity index (χ0n) is 24.4. The number of carbonyl (C=O) groups is 3. The highest BCUT2D eigenvalue weighted by Crippen LogP contribution is 2.52. The number of thiophene rings is 1. The molecule has 3 aromatic rings. The Morgan fingerprint density at radius 3 is 1.70 bits per heavy atom. The summed E-state index contributed by atoms with van der Waals surface area (Å²) in [6.45, 7) is 8.11. The van der Waals surface area contributed by atoms with Gasteiger partial charge in [0.25, 0.3) is 0 Å². The first kappa shape index (κ1) is 35.1. The van der Waals surface area contributed by atoms with Gasteiger partial charge in [0, 0.05) is 4.70 Å². The Hall–Kier alpha value is -3.39. The van der Waals surface area contributed by atoms with Crippen LogP contribution in [0.4, 0.5) is 22.0 Å². The molecule has 0 atom stereocenters. The summed E-state index contributed by atoms with van der Waals surface area (Å²) in [5, 5.41) is 0.349. The Bertz CT molecular complexity index is 1580. The molecule has 44 heavy (non-hydrogen) atoms. The maximum Gasteiger partial charge on any atom is 0.353 e. The number of halogens is 5. The molecule has 0 unspecified atom stereocenters. The molecular formula is C28H28F5O9PS. The van der Waals surface area contributed by atoms with Gasteiger partial charge in [0.2, 0.25) is 48.4 Å². The van der Waals surface area contributed by atoms with Crippen LogP contribution in [0.3, 0.4) is 0 Å². The molecule has 0 bridgehead atoms. The van der Waals surface area contributed by atoms with Crippen molar-refractivity contribution in [2.24, 2.45) is 10.8 Å². The quantitative estimate of drug-likeness (QED) is 0.0410. The van der Waals surface area contributed by atoms with Crippen LogP contribution in [-0.2, 0) is 38.8 Å². The first-order valence-corrected chi connectivity index (χ1v) is 15.3. The van der Waals surface area contributed by atoms with Crippen LogP contribution < -0.4 is 4.74 Å². The van der Waals surface area contributed by atoms with Crippen molar-refractivity contribution in [2.75, 3.05) is 13.6 Å². The van der Waals surface area contributed by atoms with Crippen LogP contribution in [0.2, 0.25) is 0 Å². The van der Waals surface area contributed by atoms with E-state index < -0.39 is 90.9 Å². The van der Waals surface area contributed by atoms with E-state index in [-0.39, 0.29) is 4.88 Å². The van der Waals surface area contributed by atoms with Gasteiger partial charge in [0.05, 0.1) is 17.0 Å². The molecule has 0 spiro atoms. The fourth-order valence-electron chi connectivity index (χ4n) is 3.21. The summed E-state index contributed by atoms with van der Waals surface area (Å²) in [4.78, 5) is 36.5. The first-order valence-electron chi connectivity index (χ1n) is 12.7. The van der Waals surface area contributed by atoms with Crippen molar-refractivity contribution in [3.8, 4) is 5.75 Å². The Morgan fingerprint density at radius 2 is 1.23 bits per heavy atom. The van der Waals surface area contributed by atoms with E-state index in [1.807, 2.05) is 0 Å². The third-order valence-electron chi connectivity index (χ3n) is 5.63. The van der Waals surface area contributed by atoms with Gasteiger partial charge in [-0.15, -0.1) is 11.3 Å². The number of fused-ring (bicyclic) bond motifs is 1. The summed E-state index contributed by atoms with van der Waals surface area (Å²) in [6.07, 6.45) is -0.413. The van der Waals surface area contributed by atoms with Gasteiger partial charge in [-0.05, 0) is 70.7 Å². The highest BCUT2D eigenvalue weighted by Gasteiger charge is 2.32. The minimum absolute atomic E-state index is 0.250. The molecule has 0 N–H and O–H groups in total. The van der Waals surface area contributed by atoms with E-state index in [9.17, 15) is 40.9 Å². The molecule has 0 fully saturated rings. The SMILES string of the molecule is CC(C)(C)C(=O)OCOP(=O)(Cc1ccc2sc(C(=O)Oc3c(F)c(F)c(F)c(F)c3F)cc2c1)OCOC(=O)C(C)(C)C. The molecule has 2 aromatic carbocycles. The van der Waals surface area contributed by atoms with E-state index in [0.29, 0.717) is 15.6 Å². The highest BCUT2D eigenvalue weighted by molar-refractivity contribution is 7.53. The first-order chi connectivity index (χ1) is 20.2. The summed E-state index contributed by atoms with van der Waals surface area (Å²) >= 11 is 0.786. The standard InChI is InChI=1S/C28H28F5O9PS/c1-27(2,3)25(35)38-12-40-43(37,41-13-39-26(36)28(4,5)6)11-14-7-8-16-15(9-14)10-17(44-16)24(34)42-23-21(32)19(30)18(29)20(31)22(23)33/h7-10H,11-13H2,1-6H3. The molecule has 9 nitrogen and oxygen atoms in total. The second-order valence-corrected chi connectivity index (χ2v) is 14.5. The van der Waals surface area contributed by atoms with Gasteiger partial charge in [-0.2, -0.15) is 8.78 Å². The number of carbonyl (C=O) groups excluding carboxylic acids is 3. The normalized spacial score (nSPS) is 12.3. The molecule has 0 aliphatic rings. The second kappa shape index (κ2) is 13.3. The van der Waals surface area contributed by atoms with Crippen molar-refractivity contribution in [3.05, 3.63) is 63.8 Å². The van der Waals surface area contributed by atoms with Crippen LogP contribution >= 0.6 is 18.9 Å². The smallest absolute Gasteiger partial charge is 0.353 e. The third kappa shape index (κ3) is 8.40. The monoisotopic (exact) mass is 666 g/mol. The maximum atomic E-state index is 14.0. The van der Waals surface area contributed by atoms with Crippen molar-refractivity contribution in [3.63, 3.8) is 0 Å². The lowest BCUT2D eigenvalue weighted by Crippen LogP contribution is -2.24. The zero-order valence-corrected chi connectivity index (χ0v) is 26.1. The highest BCUT2D eigenvalue weighted by atomic mass is 32.1. The molecule has 0 aliphatic heterocycles. The molecule has 0 aliphatic carbocycles. The fourth-order valence-corrected chi connectivity index (χ4v) is 5.46. The van der Waals surface area contributed by atoms with Gasteiger partial charge in [-0.3, -0.25) is 23.2 Å². The topological polar surface area (TPSA) is 114 Å². The largest absolute Gasteiger partial charge is 0.438 e. The van der Waals surface area contributed by atoms with Gasteiger partial charge in [0.1, 0.15) is 4.88 Å². The lowest BCUT2D eigenvalue weighted by Gasteiger charge is -2.22. The van der Waals surface area contributed by atoms with E-state index in [1.54, 1.807) is 41.5 Å². The molecular weight excluding hydrogens is 638 g/mol. The van der Waals surface area contributed by atoms with Crippen molar-refractivity contribution in [1.29, 1.82) is 0 Å². The van der Waals surface area contributed by atoms with E-state index >= 15 is 0 Å². The zero-order chi connectivity index (χ0) is 33.2. The minimum Gasteiger partial charge on any atom is -0.438 e. The number of benzene rings is 2. The van der Waals surface area contributed by atoms with Crippen molar-refractivity contribution in [2.45, 2.75) is 47.7 Å². The number of esters is 3. The van der Waals surface area contributed by atoms with Crippen LogP contribution in [0.5, 0.6) is 5.75 Å². The van der Waals surface area contributed by atoms with Gasteiger partial charge < -0.3 is 14.2 Å². The summed E-state index contributed by atoms with van der Waals surface area (Å²) in [5.74, 6) is -16.0. The lowest BCUT2D eigenvalue weighted by atomic mass is 9.98. The number of hydrogen-bond acceptors (Lipinski definition) is 10. The predicted octanol–water partition coefficient (Wildman–Crippen LogP) is 7.64. The van der Waals surface area contributed by atoms with Crippen LogP contribution in [0, 0.1) is 39.9 Å². The Kier molecular flexibility index (Phi) is 10.6. The third-order valence-corrected chi connectivity index (χ3v) is 8.47. The lowest BCUT2D eigenvalue weighted by molar-refractivity contribution is -0.162. The Labute approximate surface area is 252 Å². The summed E-state index contributed by atoms with van der Waals surface area (Å²) in [5.41, 5.74) is -1.44. The molecule has 0 amide bonds. The van der Waals surface area contributed by atoms with E-state index in [1.165, 1.54) is 24.3 Å². The summed E-state index contributed by atoms with van der Waals surface area (Å²) < 4.78 is 107. The van der Waals surface area contributed by atoms with Crippen LogP contribution in [0.1, 0.15) is 56.8 Å². The molecule has 0 saturated carbocycles. The van der Waals surface area contributed by atoms with Crippen molar-refractivity contribution < 1.29 is 64.2 Å². The average molecular weight is 667 g/mol. The van der Waals surface area contributed by atoms with Crippen molar-refractivity contribution >= 4 is 46.9 Å². The Balaban J connectivity index is 1.82. The fraction of sp³-hybridized carbons (Fsp3) is 0.393. The second-order valence-electron chi connectivity index (χ2n) is 11.4. The molecule has 3 rings (SSSR count). The van der Waals surface area contributed by atoms with Gasteiger partial charge in [0.15, 0.2) is 0 Å². The van der Waals surface area contributed by atoms with Crippen LogP contribution in [-0.4, -0.2) is 31.5 Å². The van der Waals surface area contributed by atoms with E-state index in [4.69, 9.17) is 18.5 Å². The minimum atomic E-state index is -4.15. The number of rotatable bonds is 10. The number of hydrogen-bond donors (Lipinski definition) is 0. The van der Waals surface area contributed by atoms with Crippen molar-refractivity contribution in [1.82, 2.24) is 0 Å². The van der Waals surface area contributed by atoms with Crippen LogP contribution in [0.25, 0.3) is 10.1 Å². The molecule has 0 radical (unpaired) electrons. The van der Waals surface area contributed by atoms with Gasteiger partial charge >= 0.3 is 25.5 Å². The molecule has 1 aromatic heterocycles. The van der Waals surface area contributed by atoms with E-state index in [2.05, 4.69) is 4.74 Å². The van der Waals surface area contributed by atoms with Gasteiger partial charge in [-0.1, -0.05) is 6.07 Å². The van der Waals surface area contributed by atoms with Crippen LogP contribution in [0.15, 0.2) is 24.3 Å². The summed E-state index contributed by atoms with van der Waals surface area (Å²) in [6, 6.07) is 5.66. The summed E-state index contributed by atoms with van der Waals surface area (Å²) in [7, 11) is -4.15. The van der Waals surface area contributed by atoms with Gasteiger partial charge in [-0.25, -0.2) is 18.0 Å². The Morgan fingerprint density at radius 1 is 0.750 bits per heavy atom. The molecule has 0 saturated heterocycles. The van der Waals surface area contributed by atoms with E-state index in [0.717, 1.165) is 11.3 Å².